The zero-order chi connectivity index (χ0) is 13.4. The Morgan fingerprint density at radius 2 is 1.84 bits per heavy atom. The largest absolute Gasteiger partial charge is 0.272 e. The average Bonchev–Trinajstić information content (AvgIpc) is 2.98. The fourth-order valence-corrected chi connectivity index (χ4v) is 3.24. The molecule has 0 unspecified atom stereocenters. The van der Waals surface area contributed by atoms with E-state index in [1.807, 2.05) is 11.7 Å². The quantitative estimate of drug-likeness (QED) is 0.672. The highest BCUT2D eigenvalue weighted by molar-refractivity contribution is 7.14. The van der Waals surface area contributed by atoms with Gasteiger partial charge < -0.3 is 0 Å². The highest BCUT2D eigenvalue weighted by Gasteiger charge is 2.13. The van der Waals surface area contributed by atoms with Gasteiger partial charge in [-0.15, -0.1) is 11.3 Å². The monoisotopic (exact) mass is 268 g/mol. The molecule has 0 bridgehead atoms. The zero-order valence-corrected chi connectivity index (χ0v) is 12.2. The number of rotatable bonds is 2. The molecule has 3 aromatic rings. The van der Waals surface area contributed by atoms with E-state index in [1.54, 1.807) is 11.3 Å². The van der Waals surface area contributed by atoms with E-state index in [4.69, 9.17) is 0 Å². The molecule has 0 saturated heterocycles. The first kappa shape index (κ1) is 12.2. The maximum Gasteiger partial charge on any atom is 0.0940 e. The topological polar surface area (TPSA) is 17.8 Å². The van der Waals surface area contributed by atoms with Crippen molar-refractivity contribution in [2.75, 3.05) is 0 Å². The summed E-state index contributed by atoms with van der Waals surface area (Å²) in [4.78, 5) is 1.30. The normalized spacial score (nSPS) is 10.9. The van der Waals surface area contributed by atoms with Crippen LogP contribution in [0.4, 0.5) is 0 Å². The molecular formula is C16H16N2S. The SMILES string of the molecule is Cc1ccccc1-c1sccc1-c1cc(C)n(C)n1. The van der Waals surface area contributed by atoms with Gasteiger partial charge in [0.05, 0.1) is 5.69 Å². The van der Waals surface area contributed by atoms with Crippen molar-refractivity contribution < 1.29 is 0 Å². The maximum absolute atomic E-state index is 4.59. The van der Waals surface area contributed by atoms with Gasteiger partial charge in [0, 0.05) is 23.2 Å². The van der Waals surface area contributed by atoms with Crippen molar-refractivity contribution in [2.45, 2.75) is 13.8 Å². The summed E-state index contributed by atoms with van der Waals surface area (Å²) < 4.78 is 1.93. The Hall–Kier alpha value is -1.87. The molecule has 3 rings (SSSR count). The molecule has 0 fully saturated rings. The highest BCUT2D eigenvalue weighted by Crippen LogP contribution is 2.37. The number of benzene rings is 1. The van der Waals surface area contributed by atoms with E-state index in [1.165, 1.54) is 27.3 Å². The third-order valence-electron chi connectivity index (χ3n) is 3.44. The fraction of sp³-hybridized carbons (Fsp3) is 0.188. The molecule has 0 spiro atoms. The molecule has 0 aliphatic rings. The molecule has 2 nitrogen and oxygen atoms in total. The van der Waals surface area contributed by atoms with Crippen molar-refractivity contribution in [3.63, 3.8) is 0 Å². The molecule has 19 heavy (non-hydrogen) atoms. The maximum atomic E-state index is 4.59. The van der Waals surface area contributed by atoms with Crippen LogP contribution in [0.2, 0.25) is 0 Å². The molecule has 0 atom stereocenters. The molecule has 2 aromatic heterocycles. The molecular weight excluding hydrogens is 252 g/mol. The predicted molar refractivity (Wildman–Crippen MR) is 81.4 cm³/mol. The minimum absolute atomic E-state index is 1.06. The number of aromatic nitrogens is 2. The van der Waals surface area contributed by atoms with E-state index >= 15 is 0 Å². The van der Waals surface area contributed by atoms with Crippen molar-refractivity contribution >= 4 is 11.3 Å². The summed E-state index contributed by atoms with van der Waals surface area (Å²) in [6.45, 7) is 4.23. The lowest BCUT2D eigenvalue weighted by atomic mass is 10.0. The number of hydrogen-bond acceptors (Lipinski definition) is 2. The third-order valence-corrected chi connectivity index (χ3v) is 4.39. The van der Waals surface area contributed by atoms with Gasteiger partial charge in [0.2, 0.25) is 0 Å². The van der Waals surface area contributed by atoms with E-state index in [9.17, 15) is 0 Å². The zero-order valence-electron chi connectivity index (χ0n) is 11.3. The fourth-order valence-electron chi connectivity index (χ4n) is 2.24. The van der Waals surface area contributed by atoms with E-state index in [-0.39, 0.29) is 0 Å². The first-order valence-corrected chi connectivity index (χ1v) is 7.19. The molecule has 3 heteroatoms. The first-order valence-electron chi connectivity index (χ1n) is 6.31. The smallest absolute Gasteiger partial charge is 0.0940 e. The lowest BCUT2D eigenvalue weighted by Gasteiger charge is -2.05. The predicted octanol–water partition coefficient (Wildman–Crippen LogP) is 4.43. The van der Waals surface area contributed by atoms with Crippen molar-refractivity contribution in [2.24, 2.45) is 7.05 Å². The van der Waals surface area contributed by atoms with Gasteiger partial charge in [0.1, 0.15) is 0 Å². The summed E-state index contributed by atoms with van der Waals surface area (Å²) in [5, 5.41) is 6.73. The van der Waals surface area contributed by atoms with E-state index in [0.717, 1.165) is 5.69 Å². The second-order valence-corrected chi connectivity index (χ2v) is 5.69. The standard InChI is InChI=1S/C16H16N2S/c1-11-6-4-5-7-13(11)16-14(8-9-19-16)15-10-12(2)18(3)17-15/h4-10H,1-3H3. The van der Waals surface area contributed by atoms with Crippen molar-refractivity contribution in [1.82, 2.24) is 9.78 Å². The number of thiophene rings is 1. The lowest BCUT2D eigenvalue weighted by Crippen LogP contribution is -1.92. The number of hydrogen-bond donors (Lipinski definition) is 0. The van der Waals surface area contributed by atoms with Crippen LogP contribution in [0, 0.1) is 13.8 Å². The van der Waals surface area contributed by atoms with E-state index in [0.29, 0.717) is 0 Å². The Labute approximate surface area is 117 Å². The van der Waals surface area contributed by atoms with Crippen molar-refractivity contribution in [3.8, 4) is 21.7 Å². The average molecular weight is 268 g/mol. The Bertz CT molecular complexity index is 702. The van der Waals surface area contributed by atoms with Crippen LogP contribution in [-0.4, -0.2) is 9.78 Å². The third kappa shape index (κ3) is 2.10. The van der Waals surface area contributed by atoms with E-state index in [2.05, 4.69) is 60.7 Å². The summed E-state index contributed by atoms with van der Waals surface area (Å²) >= 11 is 1.78. The van der Waals surface area contributed by atoms with Crippen LogP contribution < -0.4 is 0 Å². The molecule has 2 heterocycles. The molecule has 0 N–H and O–H groups in total. The highest BCUT2D eigenvalue weighted by atomic mass is 32.1. The molecule has 0 saturated carbocycles. The lowest BCUT2D eigenvalue weighted by molar-refractivity contribution is 0.743. The number of aryl methyl sites for hydroxylation is 3. The Morgan fingerprint density at radius 1 is 1.05 bits per heavy atom. The second-order valence-electron chi connectivity index (χ2n) is 4.77. The van der Waals surface area contributed by atoms with Gasteiger partial charge >= 0.3 is 0 Å². The van der Waals surface area contributed by atoms with Gasteiger partial charge in [-0.3, -0.25) is 4.68 Å². The van der Waals surface area contributed by atoms with Crippen LogP contribution in [0.1, 0.15) is 11.3 Å². The van der Waals surface area contributed by atoms with Gasteiger partial charge in [0.25, 0.3) is 0 Å². The Kier molecular flexibility index (Phi) is 2.99. The molecule has 96 valence electrons. The van der Waals surface area contributed by atoms with Crippen LogP contribution in [0.5, 0.6) is 0 Å². The Morgan fingerprint density at radius 3 is 2.53 bits per heavy atom. The van der Waals surface area contributed by atoms with Crippen LogP contribution in [0.15, 0.2) is 41.8 Å². The van der Waals surface area contributed by atoms with Gasteiger partial charge in [-0.25, -0.2) is 0 Å². The Balaban J connectivity index is 2.16. The summed E-state index contributed by atoms with van der Waals surface area (Å²) in [6.07, 6.45) is 0. The van der Waals surface area contributed by atoms with Crippen molar-refractivity contribution in [1.29, 1.82) is 0 Å². The van der Waals surface area contributed by atoms with Crippen molar-refractivity contribution in [3.05, 3.63) is 53.0 Å². The van der Waals surface area contributed by atoms with Crippen LogP contribution in [-0.2, 0) is 7.05 Å². The van der Waals surface area contributed by atoms with Gasteiger partial charge in [0.15, 0.2) is 0 Å². The van der Waals surface area contributed by atoms with Crippen LogP contribution in [0.3, 0.4) is 0 Å². The summed E-state index contributed by atoms with van der Waals surface area (Å²) in [7, 11) is 1.98. The molecule has 0 amide bonds. The first-order chi connectivity index (χ1) is 9.16. The molecule has 1 aromatic carbocycles. The second kappa shape index (κ2) is 4.67. The summed E-state index contributed by atoms with van der Waals surface area (Å²) in [6, 6.07) is 12.8. The number of nitrogens with zero attached hydrogens (tertiary/aromatic N) is 2. The molecule has 0 radical (unpaired) electrons. The van der Waals surface area contributed by atoms with Gasteiger partial charge in [-0.2, -0.15) is 5.10 Å². The molecule has 0 aliphatic heterocycles. The van der Waals surface area contributed by atoms with E-state index < -0.39 is 0 Å². The van der Waals surface area contributed by atoms with Gasteiger partial charge in [-0.1, -0.05) is 24.3 Å². The van der Waals surface area contributed by atoms with Crippen LogP contribution in [0.25, 0.3) is 21.7 Å². The summed E-state index contributed by atoms with van der Waals surface area (Å²) in [5.41, 5.74) is 6.06. The minimum atomic E-state index is 1.06. The van der Waals surface area contributed by atoms with Crippen LogP contribution >= 0.6 is 11.3 Å². The van der Waals surface area contributed by atoms with Gasteiger partial charge in [-0.05, 0) is 42.5 Å². The minimum Gasteiger partial charge on any atom is -0.272 e. The summed E-state index contributed by atoms with van der Waals surface area (Å²) in [5.74, 6) is 0. The molecule has 0 aliphatic carbocycles.